The summed E-state index contributed by atoms with van der Waals surface area (Å²) in [6, 6.07) is 7.84. The van der Waals surface area contributed by atoms with Gasteiger partial charge in [-0.05, 0) is 44.6 Å². The molecule has 0 radical (unpaired) electrons. The lowest BCUT2D eigenvalue weighted by Gasteiger charge is -2.30. The summed E-state index contributed by atoms with van der Waals surface area (Å²) >= 11 is 0. The van der Waals surface area contributed by atoms with Crippen molar-refractivity contribution in [1.29, 1.82) is 0 Å². The largest absolute Gasteiger partial charge is 0.493 e. The Morgan fingerprint density at radius 1 is 1.37 bits per heavy atom. The lowest BCUT2D eigenvalue weighted by atomic mass is 9.78. The lowest BCUT2D eigenvalue weighted by Crippen LogP contribution is -2.20. The van der Waals surface area contributed by atoms with Crippen LogP contribution in [0.1, 0.15) is 45.3 Å². The van der Waals surface area contributed by atoms with Crippen LogP contribution in [0.25, 0.3) is 0 Å². The Morgan fingerprint density at radius 2 is 2.11 bits per heavy atom. The highest BCUT2D eigenvalue weighted by molar-refractivity contribution is 5.35. The first kappa shape index (κ1) is 14.1. The Balaban J connectivity index is 2.20. The van der Waals surface area contributed by atoms with Gasteiger partial charge in [0.1, 0.15) is 5.75 Å². The van der Waals surface area contributed by atoms with Gasteiger partial charge in [0.15, 0.2) is 0 Å². The maximum Gasteiger partial charge on any atom is 0.125 e. The molecule has 19 heavy (non-hydrogen) atoms. The monoisotopic (exact) mass is 260 g/mol. The maximum atomic E-state index is 10.7. The minimum atomic E-state index is -0.436. The highest BCUT2D eigenvalue weighted by Gasteiger charge is 2.27. The molecule has 1 aromatic carbocycles. The third-order valence-electron chi connectivity index (χ3n) is 3.81. The first-order valence-corrected chi connectivity index (χ1v) is 7.19. The van der Waals surface area contributed by atoms with Gasteiger partial charge < -0.3 is 9.84 Å². The summed E-state index contributed by atoms with van der Waals surface area (Å²) in [4.78, 5) is 0. The number of aliphatic hydroxyl groups is 1. The second-order valence-electron chi connectivity index (χ2n) is 5.61. The van der Waals surface area contributed by atoms with Crippen molar-refractivity contribution in [3.63, 3.8) is 0 Å². The molecule has 2 nitrogen and oxygen atoms in total. The number of hydrogen-bond donors (Lipinski definition) is 1. The van der Waals surface area contributed by atoms with Gasteiger partial charge in [-0.2, -0.15) is 0 Å². The Labute approximate surface area is 116 Å². The van der Waals surface area contributed by atoms with Gasteiger partial charge in [0.05, 0.1) is 12.7 Å². The van der Waals surface area contributed by atoms with Crippen LogP contribution in [-0.4, -0.2) is 11.7 Å². The van der Waals surface area contributed by atoms with E-state index in [-0.39, 0.29) is 0 Å². The van der Waals surface area contributed by atoms with Crippen molar-refractivity contribution in [1.82, 2.24) is 0 Å². The summed E-state index contributed by atoms with van der Waals surface area (Å²) < 4.78 is 5.63. The molecular formula is C17H24O2. The number of rotatable bonds is 4. The van der Waals surface area contributed by atoms with Crippen LogP contribution in [0, 0.1) is 11.8 Å². The Morgan fingerprint density at radius 3 is 2.79 bits per heavy atom. The van der Waals surface area contributed by atoms with Crippen LogP contribution in [0.15, 0.2) is 35.9 Å². The highest BCUT2D eigenvalue weighted by Crippen LogP contribution is 2.39. The molecule has 0 bridgehead atoms. The predicted octanol–water partition coefficient (Wildman–Crippen LogP) is 4.11. The van der Waals surface area contributed by atoms with Crippen molar-refractivity contribution in [3.8, 4) is 5.75 Å². The Kier molecular flexibility index (Phi) is 4.65. The van der Waals surface area contributed by atoms with Gasteiger partial charge in [0.25, 0.3) is 0 Å². The molecular weight excluding hydrogens is 236 g/mol. The summed E-state index contributed by atoms with van der Waals surface area (Å²) in [6.45, 7) is 6.98. The molecule has 2 rings (SSSR count). The van der Waals surface area contributed by atoms with E-state index in [4.69, 9.17) is 4.74 Å². The van der Waals surface area contributed by atoms with Crippen LogP contribution in [0.2, 0.25) is 0 Å². The Bertz CT molecular complexity index is 450. The number of hydrogen-bond acceptors (Lipinski definition) is 2. The van der Waals surface area contributed by atoms with E-state index < -0.39 is 6.10 Å². The van der Waals surface area contributed by atoms with E-state index in [9.17, 15) is 5.11 Å². The number of benzene rings is 1. The van der Waals surface area contributed by atoms with Gasteiger partial charge in [0, 0.05) is 5.56 Å². The van der Waals surface area contributed by atoms with Gasteiger partial charge in [-0.1, -0.05) is 36.8 Å². The molecule has 104 valence electrons. The zero-order chi connectivity index (χ0) is 13.8. The molecule has 0 aromatic heterocycles. The van der Waals surface area contributed by atoms with E-state index in [2.05, 4.69) is 19.9 Å². The molecule has 1 aromatic rings. The number of para-hydroxylation sites is 1. The number of aliphatic hydroxyl groups excluding tert-OH is 1. The second kappa shape index (κ2) is 6.25. The fraction of sp³-hybridized carbons (Fsp3) is 0.529. The summed E-state index contributed by atoms with van der Waals surface area (Å²) in [7, 11) is 0. The molecule has 0 saturated heterocycles. The molecule has 1 aliphatic carbocycles. The fourth-order valence-electron chi connectivity index (χ4n) is 3.10. The molecule has 0 aliphatic heterocycles. The van der Waals surface area contributed by atoms with E-state index >= 15 is 0 Å². The van der Waals surface area contributed by atoms with Crippen LogP contribution in [0.3, 0.4) is 0 Å². The van der Waals surface area contributed by atoms with Crippen LogP contribution >= 0.6 is 0 Å². The van der Waals surface area contributed by atoms with E-state index in [0.717, 1.165) is 24.2 Å². The number of ether oxygens (including phenoxy) is 1. The van der Waals surface area contributed by atoms with Gasteiger partial charge >= 0.3 is 0 Å². The van der Waals surface area contributed by atoms with Gasteiger partial charge in [-0.3, -0.25) is 0 Å². The maximum absolute atomic E-state index is 10.7. The molecule has 1 N–H and O–H groups in total. The average molecular weight is 260 g/mol. The van der Waals surface area contributed by atoms with Crippen molar-refractivity contribution in [2.75, 3.05) is 6.61 Å². The molecule has 0 saturated carbocycles. The van der Waals surface area contributed by atoms with Crippen molar-refractivity contribution >= 4 is 0 Å². The molecule has 2 heteroatoms. The summed E-state index contributed by atoms with van der Waals surface area (Å²) in [6.07, 6.45) is 3.90. The first-order chi connectivity index (χ1) is 9.11. The van der Waals surface area contributed by atoms with Crippen LogP contribution in [-0.2, 0) is 0 Å². The predicted molar refractivity (Wildman–Crippen MR) is 78.2 cm³/mol. The first-order valence-electron chi connectivity index (χ1n) is 7.19. The van der Waals surface area contributed by atoms with Gasteiger partial charge in [0.2, 0.25) is 0 Å². The van der Waals surface area contributed by atoms with Gasteiger partial charge in [-0.25, -0.2) is 0 Å². The summed E-state index contributed by atoms with van der Waals surface area (Å²) in [5.74, 6) is 1.66. The summed E-state index contributed by atoms with van der Waals surface area (Å²) in [5, 5.41) is 10.7. The molecule has 0 heterocycles. The summed E-state index contributed by atoms with van der Waals surface area (Å²) in [5.41, 5.74) is 2.31. The van der Waals surface area contributed by atoms with Crippen molar-refractivity contribution in [2.24, 2.45) is 11.8 Å². The molecule has 0 spiro atoms. The lowest BCUT2D eigenvalue weighted by molar-refractivity contribution is 0.0900. The Hall–Kier alpha value is -1.28. The van der Waals surface area contributed by atoms with E-state index in [0.29, 0.717) is 18.4 Å². The zero-order valence-corrected chi connectivity index (χ0v) is 12.1. The molecule has 1 aliphatic rings. The van der Waals surface area contributed by atoms with E-state index in [1.165, 1.54) is 5.57 Å². The SMILES string of the molecule is CCOc1ccccc1C(O)C1CC(C)=CC(C)C1. The molecule has 3 atom stereocenters. The smallest absolute Gasteiger partial charge is 0.125 e. The molecule has 0 amide bonds. The van der Waals surface area contributed by atoms with Crippen LogP contribution in [0.4, 0.5) is 0 Å². The second-order valence-corrected chi connectivity index (χ2v) is 5.61. The normalized spacial score (nSPS) is 24.7. The number of allylic oxidation sites excluding steroid dienone is 2. The average Bonchev–Trinajstić information content (AvgIpc) is 2.38. The third kappa shape index (κ3) is 3.38. The van der Waals surface area contributed by atoms with Gasteiger partial charge in [-0.15, -0.1) is 0 Å². The minimum absolute atomic E-state index is 0.293. The van der Waals surface area contributed by atoms with E-state index in [1.807, 2.05) is 31.2 Å². The van der Waals surface area contributed by atoms with Crippen molar-refractivity contribution in [3.05, 3.63) is 41.5 Å². The highest BCUT2D eigenvalue weighted by atomic mass is 16.5. The fourth-order valence-corrected chi connectivity index (χ4v) is 3.10. The zero-order valence-electron chi connectivity index (χ0n) is 12.1. The minimum Gasteiger partial charge on any atom is -0.493 e. The topological polar surface area (TPSA) is 29.5 Å². The van der Waals surface area contributed by atoms with Crippen molar-refractivity contribution < 1.29 is 9.84 Å². The quantitative estimate of drug-likeness (QED) is 0.825. The standard InChI is InChI=1S/C17H24O2/c1-4-19-16-8-6-5-7-15(16)17(18)14-10-12(2)9-13(3)11-14/h5-9,12,14,17-18H,4,10-11H2,1-3H3. The molecule has 3 unspecified atom stereocenters. The van der Waals surface area contributed by atoms with E-state index in [1.54, 1.807) is 0 Å². The van der Waals surface area contributed by atoms with Crippen LogP contribution < -0.4 is 4.74 Å². The van der Waals surface area contributed by atoms with Crippen molar-refractivity contribution in [2.45, 2.75) is 39.7 Å². The third-order valence-corrected chi connectivity index (χ3v) is 3.81. The van der Waals surface area contributed by atoms with Crippen LogP contribution in [0.5, 0.6) is 5.75 Å². The molecule has 0 fully saturated rings.